The van der Waals surface area contributed by atoms with Gasteiger partial charge in [0, 0.05) is 20.6 Å². The fraction of sp³-hybridized carbons (Fsp3) is 0.353. The Balaban J connectivity index is 2.23. The van der Waals surface area contributed by atoms with Crippen LogP contribution in [0.5, 0.6) is 0 Å². The first kappa shape index (κ1) is 16.9. The number of halogens is 1. The van der Waals surface area contributed by atoms with Crippen molar-refractivity contribution >= 4 is 5.82 Å². The van der Waals surface area contributed by atoms with E-state index < -0.39 is 29.2 Å². The summed E-state index contributed by atoms with van der Waals surface area (Å²) in [6, 6.07) is 7.34. The normalized spacial score (nSPS) is 19.9. The van der Waals surface area contributed by atoms with Gasteiger partial charge in [0.05, 0.1) is 12.1 Å². The second kappa shape index (κ2) is 6.18. The van der Waals surface area contributed by atoms with Crippen LogP contribution in [0.2, 0.25) is 0 Å². The van der Waals surface area contributed by atoms with Crippen LogP contribution in [0.25, 0.3) is 0 Å². The molecule has 2 aromatic rings. The zero-order chi connectivity index (χ0) is 18.3. The minimum atomic E-state index is -0.723. The van der Waals surface area contributed by atoms with Crippen molar-refractivity contribution in [1.82, 2.24) is 9.13 Å². The Morgan fingerprint density at radius 1 is 1.28 bits per heavy atom. The molecule has 25 heavy (non-hydrogen) atoms. The van der Waals surface area contributed by atoms with Crippen molar-refractivity contribution in [2.75, 3.05) is 11.4 Å². The Bertz CT molecular complexity index is 989. The molecular weight excluding hydrogens is 327 g/mol. The maximum absolute atomic E-state index is 13.6. The Labute approximate surface area is 142 Å². The molecule has 1 aliphatic rings. The summed E-state index contributed by atoms with van der Waals surface area (Å²) in [4.78, 5) is 26.2. The van der Waals surface area contributed by atoms with Gasteiger partial charge in [-0.15, -0.1) is 0 Å². The van der Waals surface area contributed by atoms with Crippen molar-refractivity contribution in [3.8, 4) is 6.07 Å². The number of aliphatic hydroxyl groups is 1. The standard InChI is InChI=1S/C17H17FN4O3/c1-20-15(13(8-19)16(24)21(2)17(20)25)22-9-12(23)7-14(22)10-4-3-5-11(18)6-10/h3-6,12,14,23H,7,9H2,1-2H3/t12-,14+/m0/s1. The summed E-state index contributed by atoms with van der Waals surface area (Å²) in [7, 11) is 2.77. The van der Waals surface area contributed by atoms with E-state index in [1.807, 2.05) is 6.07 Å². The highest BCUT2D eigenvalue weighted by molar-refractivity contribution is 5.56. The first-order valence-corrected chi connectivity index (χ1v) is 7.75. The summed E-state index contributed by atoms with van der Waals surface area (Å²) in [6.45, 7) is 0.135. The first-order valence-electron chi connectivity index (χ1n) is 7.75. The van der Waals surface area contributed by atoms with E-state index in [4.69, 9.17) is 0 Å². The number of benzene rings is 1. The summed E-state index contributed by atoms with van der Waals surface area (Å²) in [5.41, 5.74) is -0.841. The summed E-state index contributed by atoms with van der Waals surface area (Å²) < 4.78 is 15.7. The molecule has 1 N–H and O–H groups in total. The highest BCUT2D eigenvalue weighted by Gasteiger charge is 2.36. The zero-order valence-corrected chi connectivity index (χ0v) is 13.8. The lowest BCUT2D eigenvalue weighted by Gasteiger charge is -2.29. The molecule has 0 radical (unpaired) electrons. The van der Waals surface area contributed by atoms with Gasteiger partial charge in [0.25, 0.3) is 5.56 Å². The Morgan fingerprint density at radius 2 is 2.00 bits per heavy atom. The maximum atomic E-state index is 13.6. The molecule has 0 unspecified atom stereocenters. The third-order valence-corrected chi connectivity index (χ3v) is 4.53. The van der Waals surface area contributed by atoms with Gasteiger partial charge in [-0.3, -0.25) is 13.9 Å². The van der Waals surface area contributed by atoms with E-state index in [0.29, 0.717) is 12.0 Å². The van der Waals surface area contributed by atoms with Gasteiger partial charge in [-0.05, 0) is 24.1 Å². The van der Waals surface area contributed by atoms with Crippen molar-refractivity contribution in [2.45, 2.75) is 18.6 Å². The highest BCUT2D eigenvalue weighted by atomic mass is 19.1. The smallest absolute Gasteiger partial charge is 0.332 e. The number of aliphatic hydroxyl groups excluding tert-OH is 1. The van der Waals surface area contributed by atoms with E-state index in [0.717, 1.165) is 4.57 Å². The van der Waals surface area contributed by atoms with Gasteiger partial charge in [-0.1, -0.05) is 12.1 Å². The number of nitrogens with zero attached hydrogens (tertiary/aromatic N) is 4. The van der Waals surface area contributed by atoms with Gasteiger partial charge in [0.15, 0.2) is 5.56 Å². The molecule has 1 saturated heterocycles. The van der Waals surface area contributed by atoms with Crippen molar-refractivity contribution < 1.29 is 9.50 Å². The molecule has 0 bridgehead atoms. The van der Waals surface area contributed by atoms with Gasteiger partial charge in [-0.2, -0.15) is 5.26 Å². The predicted octanol–water partition coefficient (Wildman–Crippen LogP) is 0.407. The van der Waals surface area contributed by atoms with E-state index in [9.17, 15) is 24.3 Å². The van der Waals surface area contributed by atoms with E-state index in [-0.39, 0.29) is 17.9 Å². The molecule has 0 saturated carbocycles. The van der Waals surface area contributed by atoms with Gasteiger partial charge >= 0.3 is 5.69 Å². The lowest BCUT2D eigenvalue weighted by Crippen LogP contribution is -2.42. The molecule has 2 heterocycles. The minimum Gasteiger partial charge on any atom is -0.391 e. The van der Waals surface area contributed by atoms with E-state index in [2.05, 4.69) is 0 Å². The third-order valence-electron chi connectivity index (χ3n) is 4.53. The van der Waals surface area contributed by atoms with Crippen LogP contribution in [0.4, 0.5) is 10.2 Å². The van der Waals surface area contributed by atoms with Gasteiger partial charge < -0.3 is 10.0 Å². The molecule has 1 aromatic carbocycles. The second-order valence-corrected chi connectivity index (χ2v) is 6.13. The Morgan fingerprint density at radius 3 is 2.64 bits per heavy atom. The molecule has 8 heteroatoms. The van der Waals surface area contributed by atoms with E-state index in [1.54, 1.807) is 17.0 Å². The van der Waals surface area contributed by atoms with E-state index in [1.165, 1.54) is 30.8 Å². The number of anilines is 1. The van der Waals surface area contributed by atoms with Crippen molar-refractivity contribution in [1.29, 1.82) is 5.26 Å². The molecule has 7 nitrogen and oxygen atoms in total. The van der Waals surface area contributed by atoms with Crippen LogP contribution in [0.15, 0.2) is 33.9 Å². The van der Waals surface area contributed by atoms with E-state index >= 15 is 0 Å². The van der Waals surface area contributed by atoms with Gasteiger partial charge in [-0.25, -0.2) is 9.18 Å². The van der Waals surface area contributed by atoms with Crippen molar-refractivity contribution in [3.05, 3.63) is 62.0 Å². The van der Waals surface area contributed by atoms with Gasteiger partial charge in [0.2, 0.25) is 0 Å². The number of β-amino-alcohol motifs (C(OH)–C–C–N with tert-alkyl or cyclic N) is 1. The van der Waals surface area contributed by atoms with Gasteiger partial charge in [0.1, 0.15) is 17.7 Å². The third kappa shape index (κ3) is 2.72. The molecule has 2 atom stereocenters. The summed E-state index contributed by atoms with van der Waals surface area (Å²) in [6.07, 6.45) is -0.420. The summed E-state index contributed by atoms with van der Waals surface area (Å²) in [5.74, 6) is -0.279. The molecular formula is C17H17FN4O3. The number of hydrogen-bond donors (Lipinski definition) is 1. The molecule has 1 aromatic heterocycles. The zero-order valence-electron chi connectivity index (χ0n) is 13.8. The molecule has 1 aliphatic heterocycles. The van der Waals surface area contributed by atoms with Crippen LogP contribution in [-0.4, -0.2) is 26.9 Å². The van der Waals surface area contributed by atoms with Crippen molar-refractivity contribution in [2.24, 2.45) is 14.1 Å². The van der Waals surface area contributed by atoms with Crippen molar-refractivity contribution in [3.63, 3.8) is 0 Å². The predicted molar refractivity (Wildman–Crippen MR) is 88.7 cm³/mol. The fourth-order valence-electron chi connectivity index (χ4n) is 3.35. The summed E-state index contributed by atoms with van der Waals surface area (Å²) >= 11 is 0. The number of rotatable bonds is 2. The molecule has 130 valence electrons. The van der Waals surface area contributed by atoms with Crippen LogP contribution in [0.3, 0.4) is 0 Å². The molecule has 1 fully saturated rings. The number of nitriles is 1. The summed E-state index contributed by atoms with van der Waals surface area (Å²) in [5, 5.41) is 19.6. The van der Waals surface area contributed by atoms with Crippen LogP contribution >= 0.6 is 0 Å². The lowest BCUT2D eigenvalue weighted by atomic mass is 10.0. The average molecular weight is 344 g/mol. The lowest BCUT2D eigenvalue weighted by molar-refractivity contribution is 0.194. The molecule has 0 aliphatic carbocycles. The average Bonchev–Trinajstić information content (AvgIpc) is 2.97. The monoisotopic (exact) mass is 344 g/mol. The highest BCUT2D eigenvalue weighted by Crippen LogP contribution is 2.36. The first-order chi connectivity index (χ1) is 11.8. The fourth-order valence-corrected chi connectivity index (χ4v) is 3.35. The second-order valence-electron chi connectivity index (χ2n) is 6.13. The number of aromatic nitrogens is 2. The van der Waals surface area contributed by atoms with Crippen LogP contribution in [0.1, 0.15) is 23.6 Å². The molecule has 0 spiro atoms. The Kier molecular flexibility index (Phi) is 4.18. The molecule has 3 rings (SSSR count). The van der Waals surface area contributed by atoms with Crippen LogP contribution in [-0.2, 0) is 14.1 Å². The van der Waals surface area contributed by atoms with Crippen LogP contribution in [0, 0.1) is 17.1 Å². The minimum absolute atomic E-state index is 0.135. The quantitative estimate of drug-likeness (QED) is 0.852. The maximum Gasteiger partial charge on any atom is 0.332 e. The largest absolute Gasteiger partial charge is 0.391 e. The molecule has 0 amide bonds. The topological polar surface area (TPSA) is 91.3 Å². The Hall–Kier alpha value is -2.92. The van der Waals surface area contributed by atoms with Crippen LogP contribution < -0.4 is 16.1 Å². The number of hydrogen-bond acceptors (Lipinski definition) is 5. The SMILES string of the molecule is Cn1c(N2C[C@@H](O)C[C@@H]2c2cccc(F)c2)c(C#N)c(=O)n(C)c1=O.